The molecule has 1 aromatic rings. The van der Waals surface area contributed by atoms with Crippen LogP contribution in [0.2, 0.25) is 0 Å². The first-order chi connectivity index (χ1) is 9.95. The van der Waals surface area contributed by atoms with E-state index in [4.69, 9.17) is 9.47 Å². The molecule has 0 amide bonds. The topological polar surface area (TPSA) is 72.8 Å². The molecule has 0 aliphatic heterocycles. The van der Waals surface area contributed by atoms with E-state index in [2.05, 4.69) is 0 Å². The van der Waals surface area contributed by atoms with Gasteiger partial charge in [-0.3, -0.25) is 0 Å². The maximum absolute atomic E-state index is 12.2. The third-order valence-electron chi connectivity index (χ3n) is 3.42. The van der Waals surface area contributed by atoms with Crippen molar-refractivity contribution >= 4 is 17.5 Å². The number of rotatable bonds is 4. The molecule has 5 nitrogen and oxygen atoms in total. The van der Waals surface area contributed by atoms with Crippen LogP contribution < -0.4 is 0 Å². The summed E-state index contributed by atoms with van der Waals surface area (Å²) in [4.78, 5) is 24.4. The Kier molecular flexibility index (Phi) is 4.14. The Morgan fingerprint density at radius 2 is 1.67 bits per heavy atom. The van der Waals surface area contributed by atoms with Crippen molar-refractivity contribution in [1.82, 2.24) is 0 Å². The molecule has 0 fully saturated rings. The zero-order chi connectivity index (χ0) is 15.6. The number of fused-ring (bicyclic) bond motifs is 1. The Morgan fingerprint density at radius 3 is 2.29 bits per heavy atom. The Labute approximate surface area is 123 Å². The minimum Gasteiger partial charge on any atom is -0.463 e. The summed E-state index contributed by atoms with van der Waals surface area (Å²) in [5.74, 6) is -1.34. The molecule has 5 heteroatoms. The van der Waals surface area contributed by atoms with Gasteiger partial charge in [0, 0.05) is 0 Å². The van der Waals surface area contributed by atoms with Crippen LogP contribution in [0.3, 0.4) is 0 Å². The Balaban J connectivity index is 2.65. The fourth-order valence-electron chi connectivity index (χ4n) is 2.56. The quantitative estimate of drug-likeness (QED) is 0.856. The highest BCUT2D eigenvalue weighted by Gasteiger charge is 2.46. The van der Waals surface area contributed by atoms with Gasteiger partial charge in [-0.15, -0.1) is 0 Å². The molecule has 0 aromatic heterocycles. The van der Waals surface area contributed by atoms with Crippen LogP contribution in [0.25, 0.3) is 5.57 Å². The number of aliphatic hydroxyl groups is 1. The number of hydrogen-bond donors (Lipinski definition) is 1. The molecule has 1 unspecified atom stereocenters. The van der Waals surface area contributed by atoms with E-state index in [1.807, 2.05) is 0 Å². The van der Waals surface area contributed by atoms with E-state index >= 15 is 0 Å². The first kappa shape index (κ1) is 15.3. The normalized spacial score (nSPS) is 20.2. The molecule has 112 valence electrons. The third kappa shape index (κ3) is 2.45. The van der Waals surface area contributed by atoms with Crippen molar-refractivity contribution in [3.05, 3.63) is 41.0 Å². The van der Waals surface area contributed by atoms with E-state index in [1.54, 1.807) is 38.1 Å². The van der Waals surface area contributed by atoms with E-state index in [-0.39, 0.29) is 24.4 Å². The lowest BCUT2D eigenvalue weighted by atomic mass is 9.92. The Morgan fingerprint density at radius 1 is 1.10 bits per heavy atom. The van der Waals surface area contributed by atoms with Gasteiger partial charge in [0.25, 0.3) is 0 Å². The van der Waals surface area contributed by atoms with Gasteiger partial charge >= 0.3 is 11.9 Å². The van der Waals surface area contributed by atoms with Crippen molar-refractivity contribution in [3.63, 3.8) is 0 Å². The monoisotopic (exact) mass is 290 g/mol. The highest BCUT2D eigenvalue weighted by molar-refractivity contribution is 6.25. The zero-order valence-electron chi connectivity index (χ0n) is 12.3. The summed E-state index contributed by atoms with van der Waals surface area (Å²) in [6.45, 7) is 5.17. The van der Waals surface area contributed by atoms with Crippen LogP contribution in [0.1, 0.15) is 31.9 Å². The van der Waals surface area contributed by atoms with Crippen molar-refractivity contribution in [2.45, 2.75) is 26.4 Å². The van der Waals surface area contributed by atoms with E-state index in [0.717, 1.165) is 0 Å². The van der Waals surface area contributed by atoms with Crippen LogP contribution in [-0.2, 0) is 24.7 Å². The van der Waals surface area contributed by atoms with E-state index in [1.165, 1.54) is 6.92 Å². The smallest absolute Gasteiger partial charge is 0.339 e. The van der Waals surface area contributed by atoms with Gasteiger partial charge < -0.3 is 14.6 Å². The summed E-state index contributed by atoms with van der Waals surface area (Å²) in [5, 5.41) is 10.7. The van der Waals surface area contributed by atoms with Crippen molar-refractivity contribution in [1.29, 1.82) is 0 Å². The summed E-state index contributed by atoms with van der Waals surface area (Å²) < 4.78 is 10.0. The average Bonchev–Trinajstić information content (AvgIpc) is 2.68. The van der Waals surface area contributed by atoms with Crippen molar-refractivity contribution < 1.29 is 24.2 Å². The second-order valence-corrected chi connectivity index (χ2v) is 4.81. The zero-order valence-corrected chi connectivity index (χ0v) is 12.3. The van der Waals surface area contributed by atoms with Crippen molar-refractivity contribution in [2.24, 2.45) is 0 Å². The van der Waals surface area contributed by atoms with Gasteiger partial charge in [0.1, 0.15) is 5.60 Å². The molecular weight excluding hydrogens is 272 g/mol. The average molecular weight is 290 g/mol. The van der Waals surface area contributed by atoms with Gasteiger partial charge in [-0.25, -0.2) is 9.59 Å². The molecule has 0 spiro atoms. The van der Waals surface area contributed by atoms with E-state index in [0.29, 0.717) is 11.1 Å². The summed E-state index contributed by atoms with van der Waals surface area (Å²) >= 11 is 0. The summed E-state index contributed by atoms with van der Waals surface area (Å²) in [6.07, 6.45) is 0. The van der Waals surface area contributed by atoms with Gasteiger partial charge in [0.05, 0.1) is 24.4 Å². The molecule has 0 heterocycles. The lowest BCUT2D eigenvalue weighted by Crippen LogP contribution is -2.28. The minimum atomic E-state index is -1.58. The molecule has 2 rings (SSSR count). The second kappa shape index (κ2) is 5.69. The number of hydrogen-bond acceptors (Lipinski definition) is 5. The standard InChI is InChI=1S/C16H18O5/c1-4-20-14(17)12-10-8-6-7-9-11(10)16(3,19)13(12)15(18)21-5-2/h6-9,19H,4-5H2,1-3H3. The molecule has 0 saturated heterocycles. The SMILES string of the molecule is CCOC(=O)C1=C(C(=O)OCC)C(C)(O)c2ccccc21. The fraction of sp³-hybridized carbons (Fsp3) is 0.375. The molecule has 1 aliphatic carbocycles. The summed E-state index contributed by atoms with van der Waals surface area (Å²) in [5.41, 5.74) is -0.565. The van der Waals surface area contributed by atoms with Crippen molar-refractivity contribution in [3.8, 4) is 0 Å². The molecule has 1 atom stereocenters. The molecule has 21 heavy (non-hydrogen) atoms. The predicted molar refractivity (Wildman–Crippen MR) is 76.2 cm³/mol. The highest BCUT2D eigenvalue weighted by atomic mass is 16.5. The fourth-order valence-corrected chi connectivity index (χ4v) is 2.56. The lowest BCUT2D eigenvalue weighted by molar-refractivity contribution is -0.142. The Hall–Kier alpha value is -2.14. The molecule has 1 N–H and O–H groups in total. The number of carbonyl (C=O) groups excluding carboxylic acids is 2. The molecule has 1 aliphatic rings. The number of ether oxygens (including phenoxy) is 2. The molecular formula is C16H18O5. The largest absolute Gasteiger partial charge is 0.463 e. The first-order valence-electron chi connectivity index (χ1n) is 6.86. The summed E-state index contributed by atoms with van der Waals surface area (Å²) in [7, 11) is 0. The molecule has 1 aromatic carbocycles. The van der Waals surface area contributed by atoms with Gasteiger partial charge in [-0.05, 0) is 31.9 Å². The van der Waals surface area contributed by atoms with Crippen LogP contribution in [0.15, 0.2) is 29.8 Å². The number of carbonyl (C=O) groups is 2. The van der Waals surface area contributed by atoms with Gasteiger partial charge in [0.15, 0.2) is 0 Å². The molecule has 0 bridgehead atoms. The third-order valence-corrected chi connectivity index (χ3v) is 3.42. The van der Waals surface area contributed by atoms with E-state index in [9.17, 15) is 14.7 Å². The molecule has 0 radical (unpaired) electrons. The summed E-state index contributed by atoms with van der Waals surface area (Å²) in [6, 6.07) is 6.84. The van der Waals surface area contributed by atoms with Crippen LogP contribution >= 0.6 is 0 Å². The highest BCUT2D eigenvalue weighted by Crippen LogP contribution is 2.45. The van der Waals surface area contributed by atoms with Gasteiger partial charge in [-0.2, -0.15) is 0 Å². The van der Waals surface area contributed by atoms with Gasteiger partial charge in [-0.1, -0.05) is 24.3 Å². The van der Waals surface area contributed by atoms with Gasteiger partial charge in [0.2, 0.25) is 0 Å². The maximum atomic E-state index is 12.2. The minimum absolute atomic E-state index is 0.0657. The second-order valence-electron chi connectivity index (χ2n) is 4.81. The number of esters is 2. The van der Waals surface area contributed by atoms with Crippen molar-refractivity contribution in [2.75, 3.05) is 13.2 Å². The number of benzene rings is 1. The predicted octanol–water partition coefficient (Wildman–Crippen LogP) is 1.79. The van der Waals surface area contributed by atoms with Crippen LogP contribution in [-0.4, -0.2) is 30.3 Å². The maximum Gasteiger partial charge on any atom is 0.339 e. The van der Waals surface area contributed by atoms with Crippen LogP contribution in [0.5, 0.6) is 0 Å². The van der Waals surface area contributed by atoms with Crippen LogP contribution in [0, 0.1) is 0 Å². The Bertz CT molecular complexity index is 613. The first-order valence-corrected chi connectivity index (χ1v) is 6.86. The lowest BCUT2D eigenvalue weighted by Gasteiger charge is -2.21. The van der Waals surface area contributed by atoms with E-state index < -0.39 is 17.5 Å². The molecule has 0 saturated carbocycles. The van der Waals surface area contributed by atoms with Crippen LogP contribution in [0.4, 0.5) is 0 Å².